The first-order chi connectivity index (χ1) is 14.0. The molecule has 0 saturated heterocycles. The molecule has 0 fully saturated rings. The monoisotopic (exact) mass is 389 g/mol. The van der Waals surface area contributed by atoms with Gasteiger partial charge in [-0.2, -0.15) is 0 Å². The van der Waals surface area contributed by atoms with Gasteiger partial charge in [-0.05, 0) is 19.1 Å². The van der Waals surface area contributed by atoms with Gasteiger partial charge >= 0.3 is 0 Å². The van der Waals surface area contributed by atoms with E-state index in [1.54, 1.807) is 38.0 Å². The Labute approximate surface area is 166 Å². The van der Waals surface area contributed by atoms with Crippen LogP contribution in [0.25, 0.3) is 22.3 Å². The molecule has 0 spiro atoms. The number of nitrogens with one attached hydrogen (secondary N) is 2. The molecule has 0 bridgehead atoms. The largest absolute Gasteiger partial charge is 0.371 e. The summed E-state index contributed by atoms with van der Waals surface area (Å²) >= 11 is 0. The Morgan fingerprint density at radius 1 is 1.17 bits per heavy atom. The van der Waals surface area contributed by atoms with Gasteiger partial charge in [0.05, 0.1) is 23.6 Å². The van der Waals surface area contributed by atoms with Crippen LogP contribution in [-0.4, -0.2) is 42.4 Å². The van der Waals surface area contributed by atoms with E-state index in [0.717, 1.165) is 16.9 Å². The van der Waals surface area contributed by atoms with E-state index in [0.29, 0.717) is 22.6 Å². The number of rotatable bonds is 5. The highest BCUT2D eigenvalue weighted by Crippen LogP contribution is 2.32. The lowest BCUT2D eigenvalue weighted by Crippen LogP contribution is -2.18. The van der Waals surface area contributed by atoms with Crippen LogP contribution in [0.5, 0.6) is 0 Å². The minimum Gasteiger partial charge on any atom is -0.371 e. The zero-order valence-electron chi connectivity index (χ0n) is 16.1. The first-order valence-electron chi connectivity index (χ1n) is 8.82. The third-order valence-electron chi connectivity index (χ3n) is 4.42. The highest BCUT2D eigenvalue weighted by atomic mass is 16.1. The smallest absolute Gasteiger partial charge is 0.271 e. The lowest BCUT2D eigenvalue weighted by molar-refractivity contribution is 0.0996. The summed E-state index contributed by atoms with van der Waals surface area (Å²) in [4.78, 5) is 34.1. The zero-order valence-corrected chi connectivity index (χ0v) is 16.1. The van der Waals surface area contributed by atoms with E-state index >= 15 is 0 Å². The molecule has 10 heteroatoms. The summed E-state index contributed by atoms with van der Waals surface area (Å²) in [5.41, 5.74) is 9.78. The average molecular weight is 389 g/mol. The number of amides is 1. The topological polar surface area (TPSA) is 137 Å². The molecule has 0 aromatic carbocycles. The Balaban J connectivity index is 1.89. The molecule has 10 nitrogen and oxygen atoms in total. The van der Waals surface area contributed by atoms with E-state index in [-0.39, 0.29) is 11.5 Å². The molecule has 1 amide bonds. The predicted octanol–water partition coefficient (Wildman–Crippen LogP) is 2.01. The van der Waals surface area contributed by atoms with Crippen LogP contribution in [0, 0.1) is 6.92 Å². The van der Waals surface area contributed by atoms with Crippen LogP contribution in [0.15, 0.2) is 37.1 Å². The van der Waals surface area contributed by atoms with E-state index in [2.05, 4.69) is 35.6 Å². The molecule has 4 rings (SSSR count). The Morgan fingerprint density at radius 3 is 2.72 bits per heavy atom. The number of carbonyl (C=O) groups is 1. The lowest BCUT2D eigenvalue weighted by Gasteiger charge is -2.14. The maximum atomic E-state index is 12.1. The predicted molar refractivity (Wildman–Crippen MR) is 110 cm³/mol. The van der Waals surface area contributed by atoms with Crippen LogP contribution in [0.3, 0.4) is 0 Å². The number of aromatic nitrogens is 6. The number of aryl methyl sites for hydroxylation is 2. The highest BCUT2D eigenvalue weighted by molar-refractivity contribution is 5.99. The number of imidazole rings is 1. The van der Waals surface area contributed by atoms with Crippen LogP contribution in [0.2, 0.25) is 0 Å². The van der Waals surface area contributed by atoms with Gasteiger partial charge in [0.2, 0.25) is 0 Å². The number of nitrogens with two attached hydrogens (primary N) is 1. The summed E-state index contributed by atoms with van der Waals surface area (Å²) in [5, 5.41) is 6.13. The second kappa shape index (κ2) is 7.15. The molecule has 4 aromatic rings. The van der Waals surface area contributed by atoms with Gasteiger partial charge < -0.3 is 20.9 Å². The standard InChI is InChI=1S/C19H19N9O/c1-10-6-11(4-5-23-10)25-19-16(17(20)29)26-15(18(21-2)27-19)12-7-22-8-13-14(12)24-9-28(13)3/h4-9H,1-3H3,(H2,20,29)(H2,21,23,25,27). The number of nitrogens with zero attached hydrogens (tertiary/aromatic N) is 6. The molecule has 4 N–H and O–H groups in total. The zero-order chi connectivity index (χ0) is 20.5. The third kappa shape index (κ3) is 3.31. The molecule has 29 heavy (non-hydrogen) atoms. The summed E-state index contributed by atoms with van der Waals surface area (Å²) in [5.74, 6) is 0.0106. The van der Waals surface area contributed by atoms with Gasteiger partial charge in [0.15, 0.2) is 17.3 Å². The highest BCUT2D eigenvalue weighted by Gasteiger charge is 2.21. The number of carbonyl (C=O) groups excluding carboxylic acids is 1. The molecular weight excluding hydrogens is 370 g/mol. The van der Waals surface area contributed by atoms with Crippen LogP contribution < -0.4 is 16.4 Å². The summed E-state index contributed by atoms with van der Waals surface area (Å²) in [6, 6.07) is 3.60. The van der Waals surface area contributed by atoms with Crippen LogP contribution in [0.1, 0.15) is 16.2 Å². The van der Waals surface area contributed by atoms with E-state index in [4.69, 9.17) is 5.73 Å². The van der Waals surface area contributed by atoms with Crippen LogP contribution in [0.4, 0.5) is 17.3 Å². The average Bonchev–Trinajstić information content (AvgIpc) is 3.09. The molecule has 0 radical (unpaired) electrons. The second-order valence-corrected chi connectivity index (χ2v) is 6.45. The van der Waals surface area contributed by atoms with Crippen molar-refractivity contribution in [2.24, 2.45) is 12.8 Å². The van der Waals surface area contributed by atoms with E-state index < -0.39 is 5.91 Å². The van der Waals surface area contributed by atoms with Crippen molar-refractivity contribution < 1.29 is 4.79 Å². The number of hydrogen-bond donors (Lipinski definition) is 3. The van der Waals surface area contributed by atoms with Crippen molar-refractivity contribution >= 4 is 34.3 Å². The quantitative estimate of drug-likeness (QED) is 0.471. The Kier molecular flexibility index (Phi) is 4.51. The molecule has 4 aromatic heterocycles. The summed E-state index contributed by atoms with van der Waals surface area (Å²) < 4.78 is 1.86. The normalized spacial score (nSPS) is 10.9. The second-order valence-electron chi connectivity index (χ2n) is 6.45. The third-order valence-corrected chi connectivity index (χ3v) is 4.42. The van der Waals surface area contributed by atoms with Crippen molar-refractivity contribution in [3.63, 3.8) is 0 Å². The number of hydrogen-bond acceptors (Lipinski definition) is 8. The fraction of sp³-hybridized carbons (Fsp3) is 0.158. The van der Waals surface area contributed by atoms with Crippen molar-refractivity contribution in [2.45, 2.75) is 6.92 Å². The minimum absolute atomic E-state index is 0.0152. The van der Waals surface area contributed by atoms with Gasteiger partial charge in [-0.3, -0.25) is 14.8 Å². The summed E-state index contributed by atoms with van der Waals surface area (Å²) in [6.07, 6.45) is 6.72. The number of fused-ring (bicyclic) bond motifs is 1. The molecule has 0 saturated carbocycles. The van der Waals surface area contributed by atoms with Crippen molar-refractivity contribution in [2.75, 3.05) is 17.7 Å². The Hall–Kier alpha value is -4.08. The van der Waals surface area contributed by atoms with Gasteiger partial charge in [-0.1, -0.05) is 0 Å². The van der Waals surface area contributed by atoms with Gasteiger partial charge in [0.25, 0.3) is 5.91 Å². The van der Waals surface area contributed by atoms with Crippen molar-refractivity contribution in [3.8, 4) is 11.3 Å². The Morgan fingerprint density at radius 2 is 2.00 bits per heavy atom. The maximum Gasteiger partial charge on any atom is 0.271 e. The molecular formula is C19H19N9O. The molecule has 0 aliphatic carbocycles. The fourth-order valence-electron chi connectivity index (χ4n) is 3.03. The number of pyridine rings is 2. The van der Waals surface area contributed by atoms with Gasteiger partial charge in [-0.25, -0.2) is 15.0 Å². The first-order valence-corrected chi connectivity index (χ1v) is 8.82. The molecule has 4 heterocycles. The maximum absolute atomic E-state index is 12.1. The van der Waals surface area contributed by atoms with E-state index in [1.165, 1.54) is 0 Å². The number of primary amides is 1. The fourth-order valence-corrected chi connectivity index (χ4v) is 3.03. The van der Waals surface area contributed by atoms with Crippen molar-refractivity contribution in [3.05, 3.63) is 48.4 Å². The SMILES string of the molecule is CNc1nc(Nc2ccnc(C)c2)c(C(N)=O)nc1-c1cncc2c1ncn2C. The Bertz CT molecular complexity index is 1230. The van der Waals surface area contributed by atoms with Gasteiger partial charge in [-0.15, -0.1) is 0 Å². The van der Waals surface area contributed by atoms with Crippen LogP contribution >= 0.6 is 0 Å². The van der Waals surface area contributed by atoms with Gasteiger partial charge in [0.1, 0.15) is 11.2 Å². The molecule has 0 aliphatic rings. The first kappa shape index (κ1) is 18.3. The van der Waals surface area contributed by atoms with Crippen molar-refractivity contribution in [1.82, 2.24) is 29.5 Å². The summed E-state index contributed by atoms with van der Waals surface area (Å²) in [7, 11) is 3.60. The van der Waals surface area contributed by atoms with Gasteiger partial charge in [0, 0.05) is 37.9 Å². The summed E-state index contributed by atoms with van der Waals surface area (Å²) in [6.45, 7) is 1.87. The lowest BCUT2D eigenvalue weighted by atomic mass is 10.1. The van der Waals surface area contributed by atoms with Crippen LogP contribution in [-0.2, 0) is 7.05 Å². The number of anilines is 3. The van der Waals surface area contributed by atoms with Crippen molar-refractivity contribution in [1.29, 1.82) is 0 Å². The molecule has 146 valence electrons. The minimum atomic E-state index is -0.698. The van der Waals surface area contributed by atoms with E-state index in [9.17, 15) is 4.79 Å². The molecule has 0 atom stereocenters. The molecule has 0 aliphatic heterocycles. The molecule has 0 unspecified atom stereocenters. The van der Waals surface area contributed by atoms with E-state index in [1.807, 2.05) is 24.6 Å².